The zero-order valence-electron chi connectivity index (χ0n) is 7.56. The van der Waals surface area contributed by atoms with Gasteiger partial charge in [0.05, 0.1) is 11.4 Å². The second-order valence-electron chi connectivity index (χ2n) is 3.43. The molecule has 1 aliphatic rings. The lowest BCUT2D eigenvalue weighted by Crippen LogP contribution is -2.16. The Kier molecular flexibility index (Phi) is 2.53. The van der Waals surface area contributed by atoms with Crippen molar-refractivity contribution in [3.8, 4) is 0 Å². The van der Waals surface area contributed by atoms with E-state index in [-0.39, 0.29) is 5.54 Å². The Balaban J connectivity index is 2.43. The molecule has 0 aromatic carbocycles. The number of aliphatic imine (C=N–C) groups is 1. The molecular formula is C9H18N2. The van der Waals surface area contributed by atoms with E-state index in [1.807, 2.05) is 0 Å². The van der Waals surface area contributed by atoms with Crippen molar-refractivity contribution in [3.63, 3.8) is 0 Å². The van der Waals surface area contributed by atoms with Crippen LogP contribution in [0.25, 0.3) is 0 Å². The molecule has 11 heavy (non-hydrogen) atoms. The monoisotopic (exact) mass is 154 g/mol. The molecule has 2 nitrogen and oxygen atoms in total. The van der Waals surface area contributed by atoms with E-state index in [0.717, 1.165) is 25.1 Å². The predicted molar refractivity (Wildman–Crippen MR) is 48.8 cm³/mol. The summed E-state index contributed by atoms with van der Waals surface area (Å²) in [4.78, 5) is 4.52. The van der Waals surface area contributed by atoms with Crippen LogP contribution in [0.5, 0.6) is 0 Å². The Morgan fingerprint density at radius 2 is 2.09 bits per heavy atom. The highest BCUT2D eigenvalue weighted by Gasteiger charge is 2.40. The average Bonchev–Trinajstić information content (AvgIpc) is 2.70. The van der Waals surface area contributed by atoms with E-state index >= 15 is 0 Å². The van der Waals surface area contributed by atoms with Gasteiger partial charge in [-0.2, -0.15) is 0 Å². The number of amidine groups is 1. The van der Waals surface area contributed by atoms with Crippen LogP contribution >= 0.6 is 0 Å². The molecule has 0 amide bonds. The lowest BCUT2D eigenvalue weighted by atomic mass is 10.2. The molecule has 64 valence electrons. The molecule has 2 N–H and O–H groups in total. The van der Waals surface area contributed by atoms with Gasteiger partial charge in [0.2, 0.25) is 0 Å². The molecular weight excluding hydrogens is 136 g/mol. The molecule has 0 aliphatic heterocycles. The highest BCUT2D eigenvalue weighted by Crippen LogP contribution is 2.42. The van der Waals surface area contributed by atoms with Gasteiger partial charge < -0.3 is 5.73 Å². The topological polar surface area (TPSA) is 38.4 Å². The summed E-state index contributed by atoms with van der Waals surface area (Å²) in [7, 11) is 0. The maximum absolute atomic E-state index is 5.74. The number of hydrogen-bond acceptors (Lipinski definition) is 1. The van der Waals surface area contributed by atoms with Gasteiger partial charge in [-0.3, -0.25) is 4.99 Å². The Hall–Kier alpha value is -0.530. The van der Waals surface area contributed by atoms with Crippen molar-refractivity contribution in [2.75, 3.05) is 0 Å². The molecule has 2 heteroatoms. The van der Waals surface area contributed by atoms with Crippen molar-refractivity contribution in [1.29, 1.82) is 0 Å². The van der Waals surface area contributed by atoms with Crippen molar-refractivity contribution in [2.24, 2.45) is 10.7 Å². The number of nitrogens with zero attached hydrogens (tertiary/aromatic N) is 1. The molecule has 0 atom stereocenters. The first kappa shape index (κ1) is 8.57. The van der Waals surface area contributed by atoms with Gasteiger partial charge in [0.15, 0.2) is 0 Å². The van der Waals surface area contributed by atoms with Crippen LogP contribution < -0.4 is 5.73 Å². The standard InChI is InChI=1S/C9H18N2/c1-3-5-8(10)11-9(4-2)6-7-9/h3-7H2,1-2H3,(H2,10,11). The first-order chi connectivity index (χ1) is 5.22. The van der Waals surface area contributed by atoms with Crippen molar-refractivity contribution >= 4 is 5.84 Å². The number of rotatable bonds is 4. The maximum Gasteiger partial charge on any atom is 0.0943 e. The third-order valence-electron chi connectivity index (χ3n) is 2.37. The Labute approximate surface area is 68.9 Å². The second kappa shape index (κ2) is 3.24. The van der Waals surface area contributed by atoms with Gasteiger partial charge in [-0.25, -0.2) is 0 Å². The number of hydrogen-bond donors (Lipinski definition) is 1. The lowest BCUT2D eigenvalue weighted by Gasteiger charge is -2.07. The Bertz CT molecular complexity index is 157. The smallest absolute Gasteiger partial charge is 0.0943 e. The van der Waals surface area contributed by atoms with Crippen LogP contribution in [-0.2, 0) is 0 Å². The molecule has 1 rings (SSSR count). The fourth-order valence-electron chi connectivity index (χ4n) is 1.31. The van der Waals surface area contributed by atoms with Gasteiger partial charge in [-0.15, -0.1) is 0 Å². The van der Waals surface area contributed by atoms with Crippen molar-refractivity contribution in [1.82, 2.24) is 0 Å². The SMILES string of the molecule is CCCC(N)=NC1(CC)CC1. The van der Waals surface area contributed by atoms with Gasteiger partial charge in [0.25, 0.3) is 0 Å². The van der Waals surface area contributed by atoms with Crippen molar-refractivity contribution in [3.05, 3.63) is 0 Å². The van der Waals surface area contributed by atoms with E-state index in [1.54, 1.807) is 0 Å². The van der Waals surface area contributed by atoms with E-state index in [1.165, 1.54) is 12.8 Å². The van der Waals surface area contributed by atoms with Crippen LogP contribution in [0.3, 0.4) is 0 Å². The summed E-state index contributed by atoms with van der Waals surface area (Å²) in [5.41, 5.74) is 6.01. The molecule has 1 saturated carbocycles. The van der Waals surface area contributed by atoms with Crippen LogP contribution in [0.4, 0.5) is 0 Å². The molecule has 0 heterocycles. The van der Waals surface area contributed by atoms with Crippen LogP contribution in [0.2, 0.25) is 0 Å². The minimum absolute atomic E-state index is 0.277. The Morgan fingerprint density at radius 3 is 2.45 bits per heavy atom. The first-order valence-electron chi connectivity index (χ1n) is 4.56. The van der Waals surface area contributed by atoms with E-state index in [4.69, 9.17) is 5.73 Å². The lowest BCUT2D eigenvalue weighted by molar-refractivity contribution is 0.649. The number of nitrogens with two attached hydrogens (primary N) is 1. The molecule has 0 bridgehead atoms. The molecule has 0 aromatic heterocycles. The summed E-state index contributed by atoms with van der Waals surface area (Å²) in [5.74, 6) is 0.854. The van der Waals surface area contributed by atoms with E-state index < -0.39 is 0 Å². The summed E-state index contributed by atoms with van der Waals surface area (Å²) in [6, 6.07) is 0. The third-order valence-corrected chi connectivity index (χ3v) is 2.37. The van der Waals surface area contributed by atoms with Crippen molar-refractivity contribution in [2.45, 2.75) is 51.5 Å². The van der Waals surface area contributed by atoms with Gasteiger partial charge in [-0.05, 0) is 25.7 Å². The second-order valence-corrected chi connectivity index (χ2v) is 3.43. The minimum atomic E-state index is 0.277. The Morgan fingerprint density at radius 1 is 1.45 bits per heavy atom. The summed E-state index contributed by atoms with van der Waals surface area (Å²) in [6.45, 7) is 4.32. The van der Waals surface area contributed by atoms with Gasteiger partial charge in [0.1, 0.15) is 0 Å². The van der Waals surface area contributed by atoms with Crippen molar-refractivity contribution < 1.29 is 0 Å². The zero-order chi connectivity index (χ0) is 8.32. The summed E-state index contributed by atoms with van der Waals surface area (Å²) in [6.07, 6.45) is 5.70. The fraction of sp³-hybridized carbons (Fsp3) is 0.889. The van der Waals surface area contributed by atoms with E-state index in [2.05, 4.69) is 18.8 Å². The minimum Gasteiger partial charge on any atom is -0.387 e. The van der Waals surface area contributed by atoms with Crippen LogP contribution in [-0.4, -0.2) is 11.4 Å². The normalized spacial score (nSPS) is 21.8. The molecule has 1 aliphatic carbocycles. The molecule has 0 aromatic rings. The molecule has 1 fully saturated rings. The molecule has 0 radical (unpaired) electrons. The highest BCUT2D eigenvalue weighted by molar-refractivity contribution is 5.80. The van der Waals surface area contributed by atoms with Crippen LogP contribution in [0, 0.1) is 0 Å². The predicted octanol–water partition coefficient (Wildman–Crippen LogP) is 2.09. The summed E-state index contributed by atoms with van der Waals surface area (Å²) >= 11 is 0. The highest BCUT2D eigenvalue weighted by atomic mass is 15.0. The van der Waals surface area contributed by atoms with E-state index in [0.29, 0.717) is 0 Å². The molecule has 0 spiro atoms. The third kappa shape index (κ3) is 2.21. The first-order valence-corrected chi connectivity index (χ1v) is 4.56. The largest absolute Gasteiger partial charge is 0.387 e. The van der Waals surface area contributed by atoms with Gasteiger partial charge >= 0.3 is 0 Å². The van der Waals surface area contributed by atoms with E-state index in [9.17, 15) is 0 Å². The van der Waals surface area contributed by atoms with Crippen LogP contribution in [0.1, 0.15) is 46.0 Å². The quantitative estimate of drug-likeness (QED) is 0.488. The van der Waals surface area contributed by atoms with Gasteiger partial charge in [0, 0.05) is 6.42 Å². The van der Waals surface area contributed by atoms with Gasteiger partial charge in [-0.1, -0.05) is 13.8 Å². The average molecular weight is 154 g/mol. The molecule has 0 saturated heterocycles. The summed E-state index contributed by atoms with van der Waals surface area (Å²) in [5, 5.41) is 0. The zero-order valence-corrected chi connectivity index (χ0v) is 7.56. The fourth-order valence-corrected chi connectivity index (χ4v) is 1.31. The van der Waals surface area contributed by atoms with Crippen LogP contribution in [0.15, 0.2) is 4.99 Å². The summed E-state index contributed by atoms with van der Waals surface area (Å²) < 4.78 is 0. The molecule has 0 unspecified atom stereocenters. The maximum atomic E-state index is 5.74.